The van der Waals surface area contributed by atoms with Gasteiger partial charge in [-0.1, -0.05) is 29.8 Å². The van der Waals surface area contributed by atoms with E-state index in [9.17, 15) is 4.79 Å². The van der Waals surface area contributed by atoms with Crippen LogP contribution in [0.2, 0.25) is 0 Å². The van der Waals surface area contributed by atoms with Crippen LogP contribution in [-0.2, 0) is 0 Å². The number of aromatic amines is 1. The van der Waals surface area contributed by atoms with Gasteiger partial charge in [-0.2, -0.15) is 0 Å². The minimum absolute atomic E-state index is 0.0940. The van der Waals surface area contributed by atoms with E-state index < -0.39 is 0 Å². The molecule has 0 unspecified atom stereocenters. The van der Waals surface area contributed by atoms with Crippen LogP contribution in [0.3, 0.4) is 0 Å². The number of aryl methyl sites for hydroxylation is 1. The number of hydrogen-bond acceptors (Lipinski definition) is 2. The lowest BCUT2D eigenvalue weighted by Gasteiger charge is -2.36. The molecular weight excluding hydrogens is 298 g/mol. The topological polar surface area (TPSA) is 39.3 Å². The van der Waals surface area contributed by atoms with Crippen molar-refractivity contribution in [2.45, 2.75) is 6.92 Å². The number of H-pyrrole nitrogens is 1. The van der Waals surface area contributed by atoms with Gasteiger partial charge in [-0.3, -0.25) is 4.79 Å². The molecule has 3 aromatic rings. The Hall–Kier alpha value is -2.75. The van der Waals surface area contributed by atoms with Crippen molar-refractivity contribution in [1.82, 2.24) is 9.88 Å². The number of benzene rings is 2. The summed E-state index contributed by atoms with van der Waals surface area (Å²) in [4.78, 5) is 20.3. The van der Waals surface area contributed by atoms with Gasteiger partial charge < -0.3 is 14.8 Å². The molecule has 24 heavy (non-hydrogen) atoms. The number of hydrogen-bond donors (Lipinski definition) is 1. The third-order valence-corrected chi connectivity index (χ3v) is 4.69. The molecule has 1 fully saturated rings. The van der Waals surface area contributed by atoms with Crippen LogP contribution in [0.1, 0.15) is 16.1 Å². The smallest absolute Gasteiger partial charge is 0.270 e. The lowest BCUT2D eigenvalue weighted by atomic mass is 10.2. The Kier molecular flexibility index (Phi) is 3.73. The number of piperazine rings is 1. The number of fused-ring (bicyclic) bond motifs is 1. The molecule has 4 rings (SSSR count). The zero-order valence-electron chi connectivity index (χ0n) is 13.8. The number of aromatic nitrogens is 1. The Morgan fingerprint density at radius 2 is 1.71 bits per heavy atom. The maximum Gasteiger partial charge on any atom is 0.270 e. The van der Waals surface area contributed by atoms with Crippen molar-refractivity contribution in [3.63, 3.8) is 0 Å². The molecule has 2 aromatic carbocycles. The molecule has 1 aliphatic rings. The quantitative estimate of drug-likeness (QED) is 0.786. The van der Waals surface area contributed by atoms with E-state index in [4.69, 9.17) is 0 Å². The first-order valence-corrected chi connectivity index (χ1v) is 8.39. The van der Waals surface area contributed by atoms with Gasteiger partial charge in [0, 0.05) is 42.8 Å². The summed E-state index contributed by atoms with van der Waals surface area (Å²) in [5.41, 5.74) is 4.14. The normalized spacial score (nSPS) is 15.0. The van der Waals surface area contributed by atoms with Gasteiger partial charge in [0.2, 0.25) is 0 Å². The molecule has 122 valence electrons. The number of carbonyl (C=O) groups excluding carboxylic acids is 1. The van der Waals surface area contributed by atoms with Gasteiger partial charge in [-0.25, -0.2) is 0 Å². The molecule has 4 heteroatoms. The zero-order valence-corrected chi connectivity index (χ0v) is 13.8. The van der Waals surface area contributed by atoms with Crippen molar-refractivity contribution < 1.29 is 4.79 Å². The number of anilines is 1. The first-order chi connectivity index (χ1) is 11.7. The van der Waals surface area contributed by atoms with Crippen LogP contribution in [0.15, 0.2) is 54.6 Å². The van der Waals surface area contributed by atoms with Crippen molar-refractivity contribution >= 4 is 22.5 Å². The number of amides is 1. The number of nitrogens with zero attached hydrogens (tertiary/aromatic N) is 2. The molecule has 1 N–H and O–H groups in total. The Morgan fingerprint density at radius 3 is 2.46 bits per heavy atom. The number of nitrogens with one attached hydrogen (secondary N) is 1. The van der Waals surface area contributed by atoms with Gasteiger partial charge in [0.25, 0.3) is 5.91 Å². The molecule has 0 radical (unpaired) electrons. The van der Waals surface area contributed by atoms with Crippen molar-refractivity contribution in [3.8, 4) is 0 Å². The summed E-state index contributed by atoms with van der Waals surface area (Å²) in [6, 6.07) is 18.6. The van der Waals surface area contributed by atoms with E-state index in [1.807, 2.05) is 23.1 Å². The second-order valence-electron chi connectivity index (χ2n) is 6.39. The first kappa shape index (κ1) is 14.8. The maximum absolute atomic E-state index is 12.8. The average molecular weight is 319 g/mol. The van der Waals surface area contributed by atoms with E-state index in [2.05, 4.69) is 53.2 Å². The number of carbonyl (C=O) groups is 1. The SMILES string of the molecule is Cc1ccc2[nH]c(C(=O)N3CCN(c4ccccc4)CC3)cc2c1. The predicted octanol–water partition coefficient (Wildman–Crippen LogP) is 3.44. The van der Waals surface area contributed by atoms with Crippen molar-refractivity contribution in [1.29, 1.82) is 0 Å². The van der Waals surface area contributed by atoms with Gasteiger partial charge in [-0.05, 0) is 37.3 Å². The molecule has 1 amide bonds. The molecule has 0 atom stereocenters. The zero-order chi connectivity index (χ0) is 16.5. The summed E-state index contributed by atoms with van der Waals surface area (Å²) < 4.78 is 0. The summed E-state index contributed by atoms with van der Waals surface area (Å²) in [5, 5.41) is 1.10. The summed E-state index contributed by atoms with van der Waals surface area (Å²) in [7, 11) is 0. The molecule has 1 aromatic heterocycles. The van der Waals surface area contributed by atoms with E-state index >= 15 is 0 Å². The van der Waals surface area contributed by atoms with E-state index in [1.165, 1.54) is 11.3 Å². The fraction of sp³-hybridized carbons (Fsp3) is 0.250. The maximum atomic E-state index is 12.8. The summed E-state index contributed by atoms with van der Waals surface area (Å²) >= 11 is 0. The molecule has 2 heterocycles. The van der Waals surface area contributed by atoms with Gasteiger partial charge >= 0.3 is 0 Å². The minimum atomic E-state index is 0.0940. The second kappa shape index (κ2) is 6.04. The Labute approximate surface area is 141 Å². The number of rotatable bonds is 2. The van der Waals surface area contributed by atoms with E-state index in [0.717, 1.165) is 37.1 Å². The van der Waals surface area contributed by atoms with E-state index in [-0.39, 0.29) is 5.91 Å². The third-order valence-electron chi connectivity index (χ3n) is 4.69. The van der Waals surface area contributed by atoms with Crippen LogP contribution in [0, 0.1) is 6.92 Å². The van der Waals surface area contributed by atoms with Crippen LogP contribution >= 0.6 is 0 Å². The molecule has 1 saturated heterocycles. The largest absolute Gasteiger partial charge is 0.368 e. The molecule has 0 bridgehead atoms. The van der Waals surface area contributed by atoms with Crippen LogP contribution < -0.4 is 4.90 Å². The number of para-hydroxylation sites is 1. The molecule has 0 aliphatic carbocycles. The highest BCUT2D eigenvalue weighted by molar-refractivity contribution is 5.98. The van der Waals surface area contributed by atoms with Crippen molar-refractivity contribution in [2.24, 2.45) is 0 Å². The lowest BCUT2D eigenvalue weighted by Crippen LogP contribution is -2.48. The van der Waals surface area contributed by atoms with Gasteiger partial charge in [0.1, 0.15) is 5.69 Å². The van der Waals surface area contributed by atoms with E-state index in [1.54, 1.807) is 0 Å². The standard InChI is InChI=1S/C20H21N3O/c1-15-7-8-18-16(13-15)14-19(21-18)20(24)23-11-9-22(10-12-23)17-5-3-2-4-6-17/h2-8,13-14,21H,9-12H2,1H3. The predicted molar refractivity (Wildman–Crippen MR) is 97.6 cm³/mol. The van der Waals surface area contributed by atoms with Crippen molar-refractivity contribution in [3.05, 3.63) is 65.9 Å². The first-order valence-electron chi connectivity index (χ1n) is 8.39. The third kappa shape index (κ3) is 2.75. The summed E-state index contributed by atoms with van der Waals surface area (Å²) in [6.07, 6.45) is 0. The van der Waals surface area contributed by atoms with Gasteiger partial charge in [0.05, 0.1) is 0 Å². The molecule has 0 spiro atoms. The van der Waals surface area contributed by atoms with Gasteiger partial charge in [0.15, 0.2) is 0 Å². The van der Waals surface area contributed by atoms with Crippen LogP contribution in [-0.4, -0.2) is 42.0 Å². The monoisotopic (exact) mass is 319 g/mol. The Bertz CT molecular complexity index is 861. The van der Waals surface area contributed by atoms with Crippen LogP contribution in [0.5, 0.6) is 0 Å². The van der Waals surface area contributed by atoms with E-state index in [0.29, 0.717) is 5.69 Å². The van der Waals surface area contributed by atoms with Gasteiger partial charge in [-0.15, -0.1) is 0 Å². The van der Waals surface area contributed by atoms with Crippen LogP contribution in [0.4, 0.5) is 5.69 Å². The Morgan fingerprint density at radius 1 is 0.958 bits per heavy atom. The highest BCUT2D eigenvalue weighted by Crippen LogP contribution is 2.20. The second-order valence-corrected chi connectivity index (χ2v) is 6.39. The van der Waals surface area contributed by atoms with Crippen molar-refractivity contribution in [2.75, 3.05) is 31.1 Å². The Balaban J connectivity index is 1.47. The molecule has 4 nitrogen and oxygen atoms in total. The van der Waals surface area contributed by atoms with Crippen LogP contribution in [0.25, 0.3) is 10.9 Å². The molecule has 1 aliphatic heterocycles. The highest BCUT2D eigenvalue weighted by atomic mass is 16.2. The fourth-order valence-corrected chi connectivity index (χ4v) is 3.34. The lowest BCUT2D eigenvalue weighted by molar-refractivity contribution is 0.0742. The molecule has 0 saturated carbocycles. The molecular formula is C20H21N3O. The fourth-order valence-electron chi connectivity index (χ4n) is 3.34. The average Bonchev–Trinajstić information content (AvgIpc) is 3.05. The summed E-state index contributed by atoms with van der Waals surface area (Å²) in [5.74, 6) is 0.0940. The minimum Gasteiger partial charge on any atom is -0.368 e. The highest BCUT2D eigenvalue weighted by Gasteiger charge is 2.23. The summed E-state index contributed by atoms with van der Waals surface area (Å²) in [6.45, 7) is 5.31.